The number of amides is 2. The van der Waals surface area contributed by atoms with Crippen LogP contribution in [0.1, 0.15) is 49.7 Å². The van der Waals surface area contributed by atoms with E-state index in [1.54, 1.807) is 6.07 Å². The molecular formula is C26H32FN3O2. The molecule has 32 heavy (non-hydrogen) atoms. The SMILES string of the molecule is CN(C)c1ccc(NC(=O)C2CCCC2)cc1CN(Cc1cccc(F)c1)C(=O)C1CC1. The van der Waals surface area contributed by atoms with Crippen molar-refractivity contribution in [1.29, 1.82) is 0 Å². The van der Waals surface area contributed by atoms with Crippen molar-refractivity contribution in [1.82, 2.24) is 4.90 Å². The Kier molecular flexibility index (Phi) is 6.77. The van der Waals surface area contributed by atoms with Crippen LogP contribution in [0.5, 0.6) is 0 Å². The molecule has 5 nitrogen and oxygen atoms in total. The van der Waals surface area contributed by atoms with Gasteiger partial charge in [-0.15, -0.1) is 0 Å². The number of hydrogen-bond acceptors (Lipinski definition) is 3. The van der Waals surface area contributed by atoms with Gasteiger partial charge in [-0.2, -0.15) is 0 Å². The van der Waals surface area contributed by atoms with E-state index in [1.165, 1.54) is 12.1 Å². The highest BCUT2D eigenvalue weighted by atomic mass is 19.1. The average molecular weight is 438 g/mol. The lowest BCUT2D eigenvalue weighted by atomic mass is 10.1. The Balaban J connectivity index is 1.57. The van der Waals surface area contributed by atoms with Crippen molar-refractivity contribution < 1.29 is 14.0 Å². The van der Waals surface area contributed by atoms with Crippen LogP contribution in [0.15, 0.2) is 42.5 Å². The number of hydrogen-bond donors (Lipinski definition) is 1. The molecule has 0 unspecified atom stereocenters. The van der Waals surface area contributed by atoms with Gasteiger partial charge in [-0.05, 0) is 67.1 Å². The highest BCUT2D eigenvalue weighted by Crippen LogP contribution is 2.34. The Labute approximate surface area is 189 Å². The minimum atomic E-state index is -0.299. The first kappa shape index (κ1) is 22.3. The molecule has 2 amide bonds. The van der Waals surface area contributed by atoms with Gasteiger partial charge in [0.15, 0.2) is 0 Å². The van der Waals surface area contributed by atoms with Crippen molar-refractivity contribution in [3.05, 3.63) is 59.4 Å². The van der Waals surface area contributed by atoms with E-state index in [0.717, 1.165) is 61.0 Å². The molecule has 4 rings (SSSR count). The van der Waals surface area contributed by atoms with Crippen molar-refractivity contribution in [2.24, 2.45) is 11.8 Å². The van der Waals surface area contributed by atoms with E-state index < -0.39 is 0 Å². The second-order valence-corrected chi connectivity index (χ2v) is 9.31. The van der Waals surface area contributed by atoms with Crippen LogP contribution in [-0.2, 0) is 22.7 Å². The van der Waals surface area contributed by atoms with E-state index in [9.17, 15) is 14.0 Å². The molecule has 170 valence electrons. The topological polar surface area (TPSA) is 52.7 Å². The predicted octanol–water partition coefficient (Wildman–Crippen LogP) is 4.96. The van der Waals surface area contributed by atoms with Gasteiger partial charge < -0.3 is 15.1 Å². The van der Waals surface area contributed by atoms with Gasteiger partial charge in [0.1, 0.15) is 5.82 Å². The fourth-order valence-electron chi connectivity index (χ4n) is 4.52. The number of benzene rings is 2. The Hall–Kier alpha value is -2.89. The molecule has 0 bridgehead atoms. The van der Waals surface area contributed by atoms with E-state index in [2.05, 4.69) is 5.32 Å². The molecule has 0 atom stereocenters. The summed E-state index contributed by atoms with van der Waals surface area (Å²) in [5.41, 5.74) is 3.49. The standard InChI is InChI=1S/C26H32FN3O2/c1-29(2)24-13-12-23(28-25(31)19-7-3-4-8-19)15-21(24)17-30(26(32)20-10-11-20)16-18-6-5-9-22(27)14-18/h5-6,9,12-15,19-20H,3-4,7-8,10-11,16-17H2,1-2H3,(H,28,31). The molecule has 6 heteroatoms. The molecule has 2 fully saturated rings. The van der Waals surface area contributed by atoms with Crippen LogP contribution in [0, 0.1) is 17.7 Å². The molecule has 0 spiro atoms. The van der Waals surface area contributed by atoms with Crippen molar-refractivity contribution in [2.75, 3.05) is 24.3 Å². The Morgan fingerprint density at radius 3 is 2.38 bits per heavy atom. The summed E-state index contributed by atoms with van der Waals surface area (Å²) in [4.78, 5) is 29.5. The van der Waals surface area contributed by atoms with E-state index in [4.69, 9.17) is 0 Å². The van der Waals surface area contributed by atoms with E-state index >= 15 is 0 Å². The molecule has 0 heterocycles. The lowest BCUT2D eigenvalue weighted by molar-refractivity contribution is -0.133. The summed E-state index contributed by atoms with van der Waals surface area (Å²) in [6, 6.07) is 12.3. The number of rotatable bonds is 8. The Morgan fingerprint density at radius 1 is 0.969 bits per heavy atom. The third kappa shape index (κ3) is 5.47. The van der Waals surface area contributed by atoms with Crippen LogP contribution in [0.4, 0.5) is 15.8 Å². The van der Waals surface area contributed by atoms with Gasteiger partial charge in [0.05, 0.1) is 0 Å². The van der Waals surface area contributed by atoms with Crippen LogP contribution in [-0.4, -0.2) is 30.8 Å². The van der Waals surface area contributed by atoms with Crippen LogP contribution < -0.4 is 10.2 Å². The zero-order chi connectivity index (χ0) is 22.7. The lowest BCUT2D eigenvalue weighted by Gasteiger charge is -2.27. The maximum atomic E-state index is 13.7. The first-order valence-electron chi connectivity index (χ1n) is 11.5. The third-order valence-corrected chi connectivity index (χ3v) is 6.42. The van der Waals surface area contributed by atoms with Crippen molar-refractivity contribution in [2.45, 2.75) is 51.6 Å². The van der Waals surface area contributed by atoms with Crippen molar-refractivity contribution >= 4 is 23.2 Å². The van der Waals surface area contributed by atoms with Crippen molar-refractivity contribution in [3.63, 3.8) is 0 Å². The van der Waals surface area contributed by atoms with Crippen LogP contribution >= 0.6 is 0 Å². The number of halogens is 1. The molecule has 2 aliphatic rings. The molecule has 2 saturated carbocycles. The molecule has 2 aliphatic carbocycles. The molecule has 0 aliphatic heterocycles. The second kappa shape index (κ2) is 9.72. The highest BCUT2D eigenvalue weighted by molar-refractivity contribution is 5.93. The first-order valence-corrected chi connectivity index (χ1v) is 11.5. The minimum absolute atomic E-state index is 0.0663. The van der Waals surface area contributed by atoms with E-state index in [0.29, 0.717) is 13.1 Å². The number of carbonyl (C=O) groups excluding carboxylic acids is 2. The highest BCUT2D eigenvalue weighted by Gasteiger charge is 2.34. The van der Waals surface area contributed by atoms with Crippen LogP contribution in [0.25, 0.3) is 0 Å². The molecule has 0 saturated heterocycles. The predicted molar refractivity (Wildman–Crippen MR) is 125 cm³/mol. The molecular weight excluding hydrogens is 405 g/mol. The maximum Gasteiger partial charge on any atom is 0.227 e. The zero-order valence-corrected chi connectivity index (χ0v) is 18.9. The molecule has 0 aromatic heterocycles. The van der Waals surface area contributed by atoms with Crippen molar-refractivity contribution in [3.8, 4) is 0 Å². The van der Waals surface area contributed by atoms with Gasteiger partial charge in [-0.1, -0.05) is 25.0 Å². The number of carbonyl (C=O) groups is 2. The van der Waals surface area contributed by atoms with Gasteiger partial charge in [0.25, 0.3) is 0 Å². The first-order chi connectivity index (χ1) is 15.4. The monoisotopic (exact) mass is 437 g/mol. The number of nitrogens with zero attached hydrogens (tertiary/aromatic N) is 2. The fourth-order valence-corrected chi connectivity index (χ4v) is 4.52. The second-order valence-electron chi connectivity index (χ2n) is 9.31. The van der Waals surface area contributed by atoms with Gasteiger partial charge >= 0.3 is 0 Å². The molecule has 0 radical (unpaired) electrons. The summed E-state index contributed by atoms with van der Waals surface area (Å²) in [6.07, 6.45) is 5.95. The fraction of sp³-hybridized carbons (Fsp3) is 0.462. The Morgan fingerprint density at radius 2 is 1.72 bits per heavy atom. The third-order valence-electron chi connectivity index (χ3n) is 6.42. The number of anilines is 2. The minimum Gasteiger partial charge on any atom is -0.377 e. The zero-order valence-electron chi connectivity index (χ0n) is 18.9. The van der Waals surface area contributed by atoms with Gasteiger partial charge in [0.2, 0.25) is 11.8 Å². The van der Waals surface area contributed by atoms with Gasteiger partial charge in [-0.3, -0.25) is 9.59 Å². The van der Waals surface area contributed by atoms with E-state index in [1.807, 2.05) is 48.2 Å². The largest absolute Gasteiger partial charge is 0.377 e. The molecule has 1 N–H and O–H groups in total. The summed E-state index contributed by atoms with van der Waals surface area (Å²) >= 11 is 0. The summed E-state index contributed by atoms with van der Waals surface area (Å²) < 4.78 is 13.7. The van der Waals surface area contributed by atoms with Gasteiger partial charge in [0, 0.05) is 50.4 Å². The maximum absolute atomic E-state index is 13.7. The molecule has 2 aromatic carbocycles. The van der Waals surface area contributed by atoms with Crippen LogP contribution in [0.3, 0.4) is 0 Å². The van der Waals surface area contributed by atoms with E-state index in [-0.39, 0.29) is 29.5 Å². The lowest BCUT2D eigenvalue weighted by Crippen LogP contribution is -2.32. The summed E-state index contributed by atoms with van der Waals surface area (Å²) in [7, 11) is 3.93. The smallest absolute Gasteiger partial charge is 0.227 e. The number of nitrogens with one attached hydrogen (secondary N) is 1. The average Bonchev–Trinajstić information content (AvgIpc) is 3.46. The van der Waals surface area contributed by atoms with Gasteiger partial charge in [-0.25, -0.2) is 4.39 Å². The normalized spacial score (nSPS) is 16.1. The summed E-state index contributed by atoms with van der Waals surface area (Å²) in [5, 5.41) is 3.07. The molecule has 2 aromatic rings. The Bertz CT molecular complexity index is 981. The summed E-state index contributed by atoms with van der Waals surface area (Å²) in [6.45, 7) is 0.769. The summed E-state index contributed by atoms with van der Waals surface area (Å²) in [5.74, 6) is 0.0486. The quantitative estimate of drug-likeness (QED) is 0.635. The van der Waals surface area contributed by atoms with Crippen LogP contribution in [0.2, 0.25) is 0 Å².